The summed E-state index contributed by atoms with van der Waals surface area (Å²) in [7, 11) is 0. The van der Waals surface area contributed by atoms with Crippen LogP contribution in [0, 0.1) is 0 Å². The molecule has 0 bridgehead atoms. The third kappa shape index (κ3) is 4.91. The van der Waals surface area contributed by atoms with Crippen molar-refractivity contribution in [1.82, 2.24) is 5.43 Å². The van der Waals surface area contributed by atoms with Crippen molar-refractivity contribution in [2.75, 3.05) is 6.61 Å². The Labute approximate surface area is 142 Å². The predicted octanol–water partition coefficient (Wildman–Crippen LogP) is 4.18. The fraction of sp³-hybridized carbons (Fsp3) is 0.0667. The third-order valence-electron chi connectivity index (χ3n) is 2.57. The molecule has 0 spiro atoms. The molecule has 4 nitrogen and oxygen atoms in total. The molecule has 1 N–H and O–H groups in total. The fourth-order valence-electron chi connectivity index (χ4n) is 1.51. The van der Waals surface area contributed by atoms with Crippen molar-refractivity contribution in [2.45, 2.75) is 0 Å². The minimum Gasteiger partial charge on any atom is -0.484 e. The molecule has 114 valence electrons. The minimum absolute atomic E-state index is 0.171. The van der Waals surface area contributed by atoms with Crippen molar-refractivity contribution in [3.05, 3.63) is 63.1 Å². The molecule has 1 amide bonds. The SMILES string of the molecule is O=C(COc1ccc(Cl)cc1)N/N=C\c1c(Cl)cccc1Cl. The Morgan fingerprint density at radius 3 is 2.36 bits per heavy atom. The van der Waals surface area contributed by atoms with E-state index in [9.17, 15) is 4.79 Å². The summed E-state index contributed by atoms with van der Waals surface area (Å²) in [6.45, 7) is -0.171. The average Bonchev–Trinajstić information content (AvgIpc) is 2.50. The Morgan fingerprint density at radius 2 is 1.73 bits per heavy atom. The molecule has 0 radical (unpaired) electrons. The molecule has 0 unspecified atom stereocenters. The Kier molecular flexibility index (Phi) is 6.07. The van der Waals surface area contributed by atoms with Gasteiger partial charge in [0.15, 0.2) is 6.61 Å². The van der Waals surface area contributed by atoms with Crippen LogP contribution >= 0.6 is 34.8 Å². The van der Waals surface area contributed by atoms with Crippen molar-refractivity contribution in [3.63, 3.8) is 0 Å². The highest BCUT2D eigenvalue weighted by Crippen LogP contribution is 2.22. The van der Waals surface area contributed by atoms with Gasteiger partial charge in [0.1, 0.15) is 5.75 Å². The zero-order valence-electron chi connectivity index (χ0n) is 11.2. The van der Waals surface area contributed by atoms with E-state index >= 15 is 0 Å². The number of halogens is 3. The van der Waals surface area contributed by atoms with E-state index in [-0.39, 0.29) is 6.61 Å². The average molecular weight is 358 g/mol. The molecule has 0 fully saturated rings. The lowest BCUT2D eigenvalue weighted by molar-refractivity contribution is -0.123. The quantitative estimate of drug-likeness (QED) is 0.645. The molecule has 0 atom stereocenters. The number of ether oxygens (including phenoxy) is 1. The van der Waals surface area contributed by atoms with Gasteiger partial charge < -0.3 is 4.74 Å². The maximum absolute atomic E-state index is 11.6. The van der Waals surface area contributed by atoms with Gasteiger partial charge in [0.05, 0.1) is 16.3 Å². The normalized spacial score (nSPS) is 10.7. The molecule has 0 saturated heterocycles. The van der Waals surface area contributed by atoms with Crippen LogP contribution in [-0.4, -0.2) is 18.7 Å². The summed E-state index contributed by atoms with van der Waals surface area (Å²) in [6.07, 6.45) is 1.38. The molecule has 22 heavy (non-hydrogen) atoms. The van der Waals surface area contributed by atoms with Crippen molar-refractivity contribution in [1.29, 1.82) is 0 Å². The first-order valence-electron chi connectivity index (χ1n) is 6.20. The Morgan fingerprint density at radius 1 is 1.09 bits per heavy atom. The number of amides is 1. The van der Waals surface area contributed by atoms with Crippen molar-refractivity contribution < 1.29 is 9.53 Å². The summed E-state index contributed by atoms with van der Waals surface area (Å²) in [5, 5.41) is 5.28. The molecule has 2 rings (SSSR count). The van der Waals surface area contributed by atoms with Crippen molar-refractivity contribution in [2.24, 2.45) is 5.10 Å². The first-order chi connectivity index (χ1) is 10.6. The van der Waals surface area contributed by atoms with Crippen LogP contribution in [0.1, 0.15) is 5.56 Å². The van der Waals surface area contributed by atoms with E-state index in [4.69, 9.17) is 39.5 Å². The molecule has 0 heterocycles. The molecule has 7 heteroatoms. The van der Waals surface area contributed by atoms with E-state index in [2.05, 4.69) is 10.5 Å². The second-order valence-electron chi connectivity index (χ2n) is 4.17. The number of hydrogen-bond acceptors (Lipinski definition) is 3. The number of nitrogens with zero attached hydrogens (tertiary/aromatic N) is 1. The number of nitrogens with one attached hydrogen (secondary N) is 1. The lowest BCUT2D eigenvalue weighted by Gasteiger charge is -2.05. The topological polar surface area (TPSA) is 50.7 Å². The van der Waals surface area contributed by atoms with E-state index in [1.54, 1.807) is 42.5 Å². The van der Waals surface area contributed by atoms with Crippen LogP contribution in [0.3, 0.4) is 0 Å². The maximum Gasteiger partial charge on any atom is 0.277 e. The third-order valence-corrected chi connectivity index (χ3v) is 3.48. The molecular formula is C15H11Cl3N2O2. The molecule has 0 aliphatic carbocycles. The number of hydrogen-bond donors (Lipinski definition) is 1. The highest BCUT2D eigenvalue weighted by molar-refractivity contribution is 6.38. The van der Waals surface area contributed by atoms with E-state index in [1.165, 1.54) is 6.21 Å². The number of hydrazone groups is 1. The van der Waals surface area contributed by atoms with Gasteiger partial charge >= 0.3 is 0 Å². The van der Waals surface area contributed by atoms with Crippen LogP contribution < -0.4 is 10.2 Å². The number of rotatable bonds is 5. The highest BCUT2D eigenvalue weighted by Gasteiger charge is 2.04. The van der Waals surface area contributed by atoms with Gasteiger partial charge in [-0.15, -0.1) is 0 Å². The van der Waals surface area contributed by atoms with E-state index in [0.29, 0.717) is 26.4 Å². The first-order valence-corrected chi connectivity index (χ1v) is 7.34. The monoisotopic (exact) mass is 356 g/mol. The summed E-state index contributed by atoms with van der Waals surface area (Å²) >= 11 is 17.7. The van der Waals surface area contributed by atoms with Gasteiger partial charge in [-0.05, 0) is 36.4 Å². The summed E-state index contributed by atoms with van der Waals surface area (Å²) < 4.78 is 5.28. The van der Waals surface area contributed by atoms with E-state index < -0.39 is 5.91 Å². The number of carbonyl (C=O) groups is 1. The van der Waals surface area contributed by atoms with Crippen LogP contribution in [0.25, 0.3) is 0 Å². The molecule has 0 aliphatic rings. The van der Waals surface area contributed by atoms with Gasteiger partial charge in [0.25, 0.3) is 5.91 Å². The highest BCUT2D eigenvalue weighted by atomic mass is 35.5. The summed E-state index contributed by atoms with van der Waals surface area (Å²) in [5.41, 5.74) is 2.86. The predicted molar refractivity (Wildman–Crippen MR) is 89.1 cm³/mol. The Hall–Kier alpha value is -1.75. The van der Waals surface area contributed by atoms with Crippen LogP contribution in [-0.2, 0) is 4.79 Å². The molecule has 0 aromatic heterocycles. The molecule has 0 saturated carbocycles. The van der Waals surface area contributed by atoms with E-state index in [0.717, 1.165) is 0 Å². The van der Waals surface area contributed by atoms with Crippen LogP contribution in [0.15, 0.2) is 47.6 Å². The Bertz CT molecular complexity index is 667. The first kappa shape index (κ1) is 16.6. The largest absolute Gasteiger partial charge is 0.484 e. The van der Waals surface area contributed by atoms with Gasteiger partial charge in [-0.25, -0.2) is 5.43 Å². The van der Waals surface area contributed by atoms with Crippen LogP contribution in [0.5, 0.6) is 5.75 Å². The summed E-state index contributed by atoms with van der Waals surface area (Å²) in [4.78, 5) is 11.6. The minimum atomic E-state index is -0.408. The Balaban J connectivity index is 1.85. The molecule has 2 aromatic rings. The number of benzene rings is 2. The molecule has 0 aliphatic heterocycles. The van der Waals surface area contributed by atoms with Crippen LogP contribution in [0.2, 0.25) is 15.1 Å². The second kappa shape index (κ2) is 8.03. The molecular weight excluding hydrogens is 347 g/mol. The van der Waals surface area contributed by atoms with Crippen LogP contribution in [0.4, 0.5) is 0 Å². The maximum atomic E-state index is 11.6. The summed E-state index contributed by atoms with van der Waals surface area (Å²) in [6, 6.07) is 11.8. The number of carbonyl (C=O) groups excluding carboxylic acids is 1. The van der Waals surface area contributed by atoms with Gasteiger partial charge in [0.2, 0.25) is 0 Å². The lowest BCUT2D eigenvalue weighted by atomic mass is 10.2. The second-order valence-corrected chi connectivity index (χ2v) is 5.42. The van der Waals surface area contributed by atoms with Gasteiger partial charge in [-0.1, -0.05) is 40.9 Å². The van der Waals surface area contributed by atoms with Gasteiger partial charge in [-0.2, -0.15) is 5.10 Å². The summed E-state index contributed by atoms with van der Waals surface area (Å²) in [5.74, 6) is 0.132. The lowest BCUT2D eigenvalue weighted by Crippen LogP contribution is -2.24. The van der Waals surface area contributed by atoms with E-state index in [1.807, 2.05) is 0 Å². The smallest absolute Gasteiger partial charge is 0.277 e. The fourth-order valence-corrected chi connectivity index (χ4v) is 2.14. The van der Waals surface area contributed by atoms with Crippen molar-refractivity contribution in [3.8, 4) is 5.75 Å². The zero-order chi connectivity index (χ0) is 15.9. The van der Waals surface area contributed by atoms with Crippen molar-refractivity contribution >= 4 is 46.9 Å². The zero-order valence-corrected chi connectivity index (χ0v) is 13.5. The van der Waals surface area contributed by atoms with Gasteiger partial charge in [-0.3, -0.25) is 4.79 Å². The molecule has 2 aromatic carbocycles. The van der Waals surface area contributed by atoms with Gasteiger partial charge in [0, 0.05) is 10.6 Å². The standard InChI is InChI=1S/C15H11Cl3N2O2/c16-10-4-6-11(7-5-10)22-9-15(21)20-19-8-12-13(17)2-1-3-14(12)18/h1-8H,9H2,(H,20,21)/b19-8-.